The highest BCUT2D eigenvalue weighted by atomic mass is 32.1. The second-order valence-corrected chi connectivity index (χ2v) is 10.9. The van der Waals surface area contributed by atoms with Gasteiger partial charge < -0.3 is 14.5 Å². The van der Waals surface area contributed by atoms with Crippen LogP contribution in [0.4, 0.5) is 0 Å². The van der Waals surface area contributed by atoms with Gasteiger partial charge in [0.1, 0.15) is 12.4 Å². The molecule has 4 rings (SSSR count). The molecule has 0 bridgehead atoms. The number of benzene rings is 1. The van der Waals surface area contributed by atoms with E-state index in [-0.39, 0.29) is 30.3 Å². The number of nitrogens with zero attached hydrogens (tertiary/aromatic N) is 2. The first kappa shape index (κ1) is 24.8. The molecule has 0 N–H and O–H groups in total. The van der Waals surface area contributed by atoms with Crippen LogP contribution in [0.3, 0.4) is 0 Å². The molecule has 5 nitrogen and oxygen atoms in total. The molecule has 6 heteroatoms. The summed E-state index contributed by atoms with van der Waals surface area (Å²) in [4.78, 5) is 31.8. The lowest BCUT2D eigenvalue weighted by atomic mass is 10.00. The molecule has 1 atom stereocenters. The van der Waals surface area contributed by atoms with Gasteiger partial charge in [0.2, 0.25) is 11.8 Å². The van der Waals surface area contributed by atoms with Gasteiger partial charge in [-0.15, -0.1) is 11.3 Å². The monoisotopic (exact) mass is 482 g/mol. The van der Waals surface area contributed by atoms with Crippen LogP contribution in [0.2, 0.25) is 0 Å². The van der Waals surface area contributed by atoms with E-state index < -0.39 is 0 Å². The normalized spacial score (nSPS) is 18.2. The third-order valence-corrected chi connectivity index (χ3v) is 8.20. The number of fused-ring (bicyclic) bond motifs is 1. The molecule has 1 aromatic heterocycles. The molecule has 0 saturated heterocycles. The van der Waals surface area contributed by atoms with E-state index in [9.17, 15) is 9.59 Å². The molecule has 184 valence electrons. The maximum absolute atomic E-state index is 13.6. The van der Waals surface area contributed by atoms with Crippen molar-refractivity contribution in [3.63, 3.8) is 0 Å². The summed E-state index contributed by atoms with van der Waals surface area (Å²) in [6.45, 7) is 8.33. The average molecular weight is 483 g/mol. The van der Waals surface area contributed by atoms with Crippen LogP contribution >= 0.6 is 11.3 Å². The van der Waals surface area contributed by atoms with Gasteiger partial charge in [-0.05, 0) is 66.3 Å². The molecule has 1 aliphatic carbocycles. The highest BCUT2D eigenvalue weighted by molar-refractivity contribution is 7.10. The molecular formula is C28H38N2O3S. The summed E-state index contributed by atoms with van der Waals surface area (Å²) >= 11 is 1.76. The largest absolute Gasteiger partial charge is 0.491 e. The Hall–Kier alpha value is -2.34. The highest BCUT2D eigenvalue weighted by Crippen LogP contribution is 2.34. The minimum absolute atomic E-state index is 0.0282. The number of amides is 2. The molecule has 2 aromatic rings. The Morgan fingerprint density at radius 3 is 2.56 bits per heavy atom. The minimum atomic E-state index is -0.127. The standard InChI is InChI=1S/C28H38N2O3S/c1-4-15-29(28(32)22-7-5-6-8-22)18-27(31)30-16-13-26-24(14-17-34-26)25(30)19-33-23-11-9-21(10-12-23)20(2)3/h9-12,14,17,20,22,25H,4-8,13,15-16,18-19H2,1-3H3. The van der Waals surface area contributed by atoms with Crippen molar-refractivity contribution in [2.45, 2.75) is 71.3 Å². The van der Waals surface area contributed by atoms with E-state index in [0.717, 1.165) is 44.3 Å². The van der Waals surface area contributed by atoms with Gasteiger partial charge in [-0.1, -0.05) is 45.7 Å². The lowest BCUT2D eigenvalue weighted by molar-refractivity contribution is -0.144. The van der Waals surface area contributed by atoms with E-state index in [1.165, 1.54) is 16.0 Å². The van der Waals surface area contributed by atoms with Gasteiger partial charge in [-0.2, -0.15) is 0 Å². The first-order valence-electron chi connectivity index (χ1n) is 12.8. The maximum atomic E-state index is 13.6. The molecular weight excluding hydrogens is 444 g/mol. The fourth-order valence-corrected chi connectivity index (χ4v) is 6.15. The van der Waals surface area contributed by atoms with Crippen molar-refractivity contribution in [2.75, 3.05) is 26.2 Å². The Morgan fingerprint density at radius 2 is 1.88 bits per heavy atom. The van der Waals surface area contributed by atoms with Crippen molar-refractivity contribution in [3.8, 4) is 5.75 Å². The average Bonchev–Trinajstić information content (AvgIpc) is 3.54. The highest BCUT2D eigenvalue weighted by Gasteiger charge is 2.34. The van der Waals surface area contributed by atoms with Crippen LogP contribution in [0.25, 0.3) is 0 Å². The van der Waals surface area contributed by atoms with Gasteiger partial charge in [-0.25, -0.2) is 0 Å². The summed E-state index contributed by atoms with van der Waals surface area (Å²) in [7, 11) is 0. The van der Waals surface area contributed by atoms with E-state index in [1.54, 1.807) is 11.3 Å². The Morgan fingerprint density at radius 1 is 1.15 bits per heavy atom. The number of ether oxygens (including phenoxy) is 1. The first-order valence-corrected chi connectivity index (χ1v) is 13.7. The van der Waals surface area contributed by atoms with E-state index in [1.807, 2.05) is 21.9 Å². The van der Waals surface area contributed by atoms with E-state index >= 15 is 0 Å². The molecule has 2 heterocycles. The van der Waals surface area contributed by atoms with E-state index in [4.69, 9.17) is 4.74 Å². The summed E-state index contributed by atoms with van der Waals surface area (Å²) < 4.78 is 6.20. The zero-order valence-electron chi connectivity index (χ0n) is 20.8. The van der Waals surface area contributed by atoms with Gasteiger partial charge in [-0.3, -0.25) is 9.59 Å². The van der Waals surface area contributed by atoms with Crippen molar-refractivity contribution >= 4 is 23.2 Å². The van der Waals surface area contributed by atoms with Crippen LogP contribution in [0.5, 0.6) is 5.75 Å². The van der Waals surface area contributed by atoms with Crippen LogP contribution < -0.4 is 4.74 Å². The topological polar surface area (TPSA) is 49.9 Å². The predicted molar refractivity (Wildman–Crippen MR) is 137 cm³/mol. The van der Waals surface area contributed by atoms with Crippen LogP contribution in [0.15, 0.2) is 35.7 Å². The van der Waals surface area contributed by atoms with Crippen molar-refractivity contribution < 1.29 is 14.3 Å². The van der Waals surface area contributed by atoms with Crippen molar-refractivity contribution in [1.29, 1.82) is 0 Å². The number of carbonyl (C=O) groups is 2. The van der Waals surface area contributed by atoms with Crippen molar-refractivity contribution in [2.24, 2.45) is 5.92 Å². The van der Waals surface area contributed by atoms with Gasteiger partial charge in [0.15, 0.2) is 0 Å². The molecule has 0 radical (unpaired) electrons. The van der Waals surface area contributed by atoms with Crippen molar-refractivity contribution in [3.05, 3.63) is 51.7 Å². The van der Waals surface area contributed by atoms with Crippen LogP contribution in [-0.4, -0.2) is 47.9 Å². The van der Waals surface area contributed by atoms with Crippen molar-refractivity contribution in [1.82, 2.24) is 9.80 Å². The zero-order valence-corrected chi connectivity index (χ0v) is 21.6. The SMILES string of the molecule is CCCN(CC(=O)N1CCc2sccc2C1COc1ccc(C(C)C)cc1)C(=O)C1CCCC1. The molecule has 2 aliphatic rings. The summed E-state index contributed by atoms with van der Waals surface area (Å²) in [5.74, 6) is 1.59. The lowest BCUT2D eigenvalue weighted by Gasteiger charge is -2.37. The smallest absolute Gasteiger partial charge is 0.242 e. The van der Waals surface area contributed by atoms with Gasteiger partial charge in [0, 0.05) is 23.9 Å². The minimum Gasteiger partial charge on any atom is -0.491 e. The molecule has 34 heavy (non-hydrogen) atoms. The summed E-state index contributed by atoms with van der Waals surface area (Å²) in [5.41, 5.74) is 2.47. The van der Waals surface area contributed by atoms with Crippen LogP contribution in [0, 0.1) is 5.92 Å². The van der Waals surface area contributed by atoms with E-state index in [0.29, 0.717) is 25.6 Å². The third-order valence-electron chi connectivity index (χ3n) is 7.21. The second kappa shape index (κ2) is 11.4. The molecule has 1 aliphatic heterocycles. The number of thiophene rings is 1. The number of rotatable bonds is 9. The molecule has 0 spiro atoms. The Kier molecular flexibility index (Phi) is 8.30. The zero-order chi connectivity index (χ0) is 24.1. The number of hydrogen-bond donors (Lipinski definition) is 0. The fourth-order valence-electron chi connectivity index (χ4n) is 5.22. The number of hydrogen-bond acceptors (Lipinski definition) is 4. The predicted octanol–water partition coefficient (Wildman–Crippen LogP) is 5.81. The van der Waals surface area contributed by atoms with Crippen LogP contribution in [0.1, 0.15) is 80.8 Å². The van der Waals surface area contributed by atoms with E-state index in [2.05, 4.69) is 44.4 Å². The Bertz CT molecular complexity index is 962. The van der Waals surface area contributed by atoms with Crippen LogP contribution in [-0.2, 0) is 16.0 Å². The molecule has 1 aromatic carbocycles. The van der Waals surface area contributed by atoms with Gasteiger partial charge in [0.05, 0.1) is 12.6 Å². The molecule has 1 fully saturated rings. The fraction of sp³-hybridized carbons (Fsp3) is 0.571. The maximum Gasteiger partial charge on any atom is 0.242 e. The van der Waals surface area contributed by atoms with Gasteiger partial charge >= 0.3 is 0 Å². The summed E-state index contributed by atoms with van der Waals surface area (Å²) in [6, 6.07) is 10.2. The van der Waals surface area contributed by atoms with Gasteiger partial charge in [0.25, 0.3) is 0 Å². The Labute approximate surface area is 208 Å². The molecule has 1 saturated carbocycles. The lowest BCUT2D eigenvalue weighted by Crippen LogP contribution is -2.48. The molecule has 2 amide bonds. The summed E-state index contributed by atoms with van der Waals surface area (Å²) in [5, 5.41) is 2.11. The second-order valence-electron chi connectivity index (χ2n) is 9.93. The quantitative estimate of drug-likeness (QED) is 0.453. The first-order chi connectivity index (χ1) is 16.5. The number of carbonyl (C=O) groups excluding carboxylic acids is 2. The summed E-state index contributed by atoms with van der Waals surface area (Å²) in [6.07, 6.45) is 5.88. The third kappa shape index (κ3) is 5.65. The molecule has 1 unspecified atom stereocenters. The Balaban J connectivity index is 1.47.